The molecule has 0 amide bonds. The van der Waals surface area contributed by atoms with Gasteiger partial charge in [0, 0.05) is 22.1 Å². The smallest absolute Gasteiger partial charge is 0.340 e. The van der Waals surface area contributed by atoms with Crippen LogP contribution < -0.4 is 4.74 Å². The van der Waals surface area contributed by atoms with E-state index in [1.807, 2.05) is 38.1 Å². The number of hydrogen-bond donors (Lipinski definition) is 0. The number of para-hydroxylation sites is 1. The molecular formula is C22H25NO4. The lowest BCUT2D eigenvalue weighted by Crippen LogP contribution is -2.33. The van der Waals surface area contributed by atoms with Gasteiger partial charge in [0.1, 0.15) is 5.75 Å². The SMILES string of the molecule is CCOC(=O)c1c(C)nc2c(c1-c1ccccc1OC)C(=O)C(C)(C)CC2. The molecule has 0 fully saturated rings. The molecule has 0 atom stereocenters. The van der Waals surface area contributed by atoms with Gasteiger partial charge in [0.2, 0.25) is 0 Å². The van der Waals surface area contributed by atoms with Gasteiger partial charge in [-0.05, 0) is 32.8 Å². The predicted molar refractivity (Wildman–Crippen MR) is 103 cm³/mol. The van der Waals surface area contributed by atoms with Crippen LogP contribution in [0.25, 0.3) is 11.1 Å². The Labute approximate surface area is 159 Å². The summed E-state index contributed by atoms with van der Waals surface area (Å²) in [6.45, 7) is 7.67. The van der Waals surface area contributed by atoms with Crippen molar-refractivity contribution in [1.82, 2.24) is 4.98 Å². The summed E-state index contributed by atoms with van der Waals surface area (Å²) in [5, 5.41) is 0. The molecule has 3 rings (SSSR count). The van der Waals surface area contributed by atoms with Gasteiger partial charge < -0.3 is 9.47 Å². The summed E-state index contributed by atoms with van der Waals surface area (Å²) in [5.74, 6) is 0.136. The van der Waals surface area contributed by atoms with E-state index in [1.165, 1.54) is 0 Å². The first-order valence-corrected chi connectivity index (χ1v) is 9.20. The van der Waals surface area contributed by atoms with Crippen LogP contribution >= 0.6 is 0 Å². The zero-order chi connectivity index (χ0) is 19.8. The highest BCUT2D eigenvalue weighted by atomic mass is 16.5. The number of carbonyl (C=O) groups excluding carboxylic acids is 2. The lowest BCUT2D eigenvalue weighted by Gasteiger charge is -2.32. The molecule has 0 saturated heterocycles. The number of nitrogens with zero attached hydrogens (tertiary/aromatic N) is 1. The average Bonchev–Trinajstić information content (AvgIpc) is 2.64. The van der Waals surface area contributed by atoms with Crippen LogP contribution in [-0.4, -0.2) is 30.5 Å². The summed E-state index contributed by atoms with van der Waals surface area (Å²) >= 11 is 0. The molecule has 1 aromatic heterocycles. The monoisotopic (exact) mass is 367 g/mol. The van der Waals surface area contributed by atoms with Gasteiger partial charge in [0.25, 0.3) is 0 Å². The summed E-state index contributed by atoms with van der Waals surface area (Å²) in [6.07, 6.45) is 1.43. The minimum absolute atomic E-state index is 0.00250. The van der Waals surface area contributed by atoms with E-state index in [-0.39, 0.29) is 12.4 Å². The number of methoxy groups -OCH3 is 1. The van der Waals surface area contributed by atoms with Crippen molar-refractivity contribution < 1.29 is 19.1 Å². The number of ether oxygens (including phenoxy) is 2. The molecule has 0 radical (unpaired) electrons. The standard InChI is InChI=1S/C22H25NO4/c1-6-27-21(25)17-13(2)23-15-11-12-22(3,4)20(24)19(15)18(17)14-9-7-8-10-16(14)26-5/h7-10H,6,11-12H2,1-5H3. The lowest BCUT2D eigenvalue weighted by atomic mass is 9.72. The summed E-state index contributed by atoms with van der Waals surface area (Å²) in [5.41, 5.74) is 2.94. The maximum absolute atomic E-state index is 13.3. The molecule has 5 heteroatoms. The number of carbonyl (C=O) groups is 2. The highest BCUT2D eigenvalue weighted by Crippen LogP contribution is 2.43. The van der Waals surface area contributed by atoms with Crippen molar-refractivity contribution in [2.24, 2.45) is 5.41 Å². The third-order valence-corrected chi connectivity index (χ3v) is 5.14. The molecule has 142 valence electrons. The number of Topliss-reactive ketones (excluding diaryl/α,β-unsaturated/α-hetero) is 1. The quantitative estimate of drug-likeness (QED) is 0.750. The zero-order valence-electron chi connectivity index (χ0n) is 16.5. The van der Waals surface area contributed by atoms with Crippen molar-refractivity contribution in [2.45, 2.75) is 40.5 Å². The van der Waals surface area contributed by atoms with Gasteiger partial charge in [0.05, 0.1) is 30.7 Å². The van der Waals surface area contributed by atoms with Crippen molar-refractivity contribution in [2.75, 3.05) is 13.7 Å². The minimum Gasteiger partial charge on any atom is -0.496 e. The highest BCUT2D eigenvalue weighted by Gasteiger charge is 2.39. The Balaban J connectivity index is 2.42. The first kappa shape index (κ1) is 19.1. The number of esters is 1. The van der Waals surface area contributed by atoms with Crippen LogP contribution in [0, 0.1) is 12.3 Å². The molecule has 1 aliphatic rings. The fourth-order valence-electron chi connectivity index (χ4n) is 3.65. The lowest BCUT2D eigenvalue weighted by molar-refractivity contribution is 0.0525. The summed E-state index contributed by atoms with van der Waals surface area (Å²) in [6, 6.07) is 7.42. The molecule has 1 heterocycles. The van der Waals surface area contributed by atoms with E-state index in [2.05, 4.69) is 4.98 Å². The Bertz CT molecular complexity index is 915. The second-order valence-electron chi connectivity index (χ2n) is 7.40. The highest BCUT2D eigenvalue weighted by molar-refractivity contribution is 6.12. The Kier molecular flexibility index (Phi) is 5.05. The number of hydrogen-bond acceptors (Lipinski definition) is 5. The van der Waals surface area contributed by atoms with Gasteiger partial charge in [-0.15, -0.1) is 0 Å². The molecule has 0 saturated carbocycles. The fourth-order valence-corrected chi connectivity index (χ4v) is 3.65. The number of aromatic nitrogens is 1. The van der Waals surface area contributed by atoms with Crippen LogP contribution in [0.2, 0.25) is 0 Å². The Hall–Kier alpha value is -2.69. The molecule has 0 N–H and O–H groups in total. The van der Waals surface area contributed by atoms with Crippen molar-refractivity contribution in [3.63, 3.8) is 0 Å². The summed E-state index contributed by atoms with van der Waals surface area (Å²) in [4.78, 5) is 30.8. The van der Waals surface area contributed by atoms with E-state index in [0.717, 1.165) is 12.1 Å². The number of pyridine rings is 1. The first-order chi connectivity index (χ1) is 12.8. The van der Waals surface area contributed by atoms with E-state index in [0.29, 0.717) is 40.1 Å². The number of aryl methyl sites for hydroxylation is 2. The Morgan fingerprint density at radius 3 is 2.59 bits per heavy atom. The van der Waals surface area contributed by atoms with Crippen molar-refractivity contribution in [3.05, 3.63) is 46.8 Å². The molecule has 27 heavy (non-hydrogen) atoms. The summed E-state index contributed by atoms with van der Waals surface area (Å²) < 4.78 is 10.8. The number of rotatable bonds is 4. The molecular weight excluding hydrogens is 342 g/mol. The third-order valence-electron chi connectivity index (χ3n) is 5.14. The first-order valence-electron chi connectivity index (χ1n) is 9.20. The van der Waals surface area contributed by atoms with Crippen LogP contribution in [0.15, 0.2) is 24.3 Å². The van der Waals surface area contributed by atoms with Crippen molar-refractivity contribution >= 4 is 11.8 Å². The fraction of sp³-hybridized carbons (Fsp3) is 0.409. The molecule has 0 bridgehead atoms. The van der Waals surface area contributed by atoms with Crippen LogP contribution in [0.1, 0.15) is 59.3 Å². The zero-order valence-corrected chi connectivity index (χ0v) is 16.5. The number of fused-ring (bicyclic) bond motifs is 1. The van der Waals surface area contributed by atoms with E-state index < -0.39 is 11.4 Å². The van der Waals surface area contributed by atoms with Crippen molar-refractivity contribution in [3.8, 4) is 16.9 Å². The van der Waals surface area contributed by atoms with Gasteiger partial charge in [0.15, 0.2) is 5.78 Å². The number of benzene rings is 1. The summed E-state index contributed by atoms with van der Waals surface area (Å²) in [7, 11) is 1.58. The third kappa shape index (κ3) is 3.22. The van der Waals surface area contributed by atoms with E-state index in [4.69, 9.17) is 9.47 Å². The van der Waals surface area contributed by atoms with Crippen LogP contribution in [0.4, 0.5) is 0 Å². The minimum atomic E-state index is -0.507. The van der Waals surface area contributed by atoms with Crippen LogP contribution in [-0.2, 0) is 11.2 Å². The molecule has 0 spiro atoms. The van der Waals surface area contributed by atoms with Gasteiger partial charge >= 0.3 is 5.97 Å². The largest absolute Gasteiger partial charge is 0.496 e. The van der Waals surface area contributed by atoms with E-state index in [1.54, 1.807) is 21.0 Å². The second kappa shape index (κ2) is 7.14. The van der Waals surface area contributed by atoms with Crippen LogP contribution in [0.5, 0.6) is 5.75 Å². The normalized spacial score (nSPS) is 15.2. The Morgan fingerprint density at radius 2 is 1.93 bits per heavy atom. The van der Waals surface area contributed by atoms with E-state index in [9.17, 15) is 9.59 Å². The van der Waals surface area contributed by atoms with E-state index >= 15 is 0 Å². The molecule has 0 unspecified atom stereocenters. The maximum Gasteiger partial charge on any atom is 0.340 e. The molecule has 1 aromatic carbocycles. The predicted octanol–water partition coefficient (Wildman–Crippen LogP) is 4.40. The van der Waals surface area contributed by atoms with Gasteiger partial charge in [-0.25, -0.2) is 4.79 Å². The molecule has 1 aliphatic carbocycles. The van der Waals surface area contributed by atoms with Gasteiger partial charge in [-0.2, -0.15) is 0 Å². The van der Waals surface area contributed by atoms with Gasteiger partial charge in [-0.1, -0.05) is 32.0 Å². The Morgan fingerprint density at radius 1 is 1.22 bits per heavy atom. The molecule has 0 aliphatic heterocycles. The number of ketones is 1. The maximum atomic E-state index is 13.3. The second-order valence-corrected chi connectivity index (χ2v) is 7.40. The van der Waals surface area contributed by atoms with Crippen LogP contribution in [0.3, 0.4) is 0 Å². The topological polar surface area (TPSA) is 65.5 Å². The average molecular weight is 367 g/mol. The molecule has 2 aromatic rings. The van der Waals surface area contributed by atoms with Gasteiger partial charge in [-0.3, -0.25) is 9.78 Å². The van der Waals surface area contributed by atoms with Crippen molar-refractivity contribution in [1.29, 1.82) is 0 Å². The molecule has 5 nitrogen and oxygen atoms in total.